The summed E-state index contributed by atoms with van der Waals surface area (Å²) in [6.07, 6.45) is 6.32. The van der Waals surface area contributed by atoms with Crippen molar-refractivity contribution in [2.24, 2.45) is 10.7 Å². The standard InChI is InChI=1S/C10H20N4OS/c1-14(5-3-4-11)8-9-6-12-10(13-7-9)16(2)15/h6-7,10,12H,3-5,8,11H2,1-2H3. The van der Waals surface area contributed by atoms with Crippen molar-refractivity contribution < 1.29 is 4.21 Å². The van der Waals surface area contributed by atoms with Gasteiger partial charge < -0.3 is 16.0 Å². The molecule has 16 heavy (non-hydrogen) atoms. The molecule has 0 amide bonds. The molecule has 0 aromatic rings. The van der Waals surface area contributed by atoms with Crippen LogP contribution in [0.1, 0.15) is 6.42 Å². The maximum Gasteiger partial charge on any atom is 0.194 e. The summed E-state index contributed by atoms with van der Waals surface area (Å²) in [4.78, 5) is 6.38. The van der Waals surface area contributed by atoms with Crippen molar-refractivity contribution in [2.75, 3.05) is 32.9 Å². The number of aliphatic imine (C=N–C) groups is 1. The SMILES string of the molecule is CN(CCCN)CC1=CNC(S(C)=O)N=C1. The molecular weight excluding hydrogens is 224 g/mol. The van der Waals surface area contributed by atoms with Crippen LogP contribution in [-0.2, 0) is 10.8 Å². The maximum absolute atomic E-state index is 11.2. The molecule has 0 radical (unpaired) electrons. The second-order valence-corrected chi connectivity index (χ2v) is 5.34. The number of hydrogen-bond acceptors (Lipinski definition) is 5. The van der Waals surface area contributed by atoms with Crippen molar-refractivity contribution in [3.8, 4) is 0 Å². The average Bonchev–Trinajstić information content (AvgIpc) is 2.27. The molecular formula is C10H20N4OS. The van der Waals surface area contributed by atoms with E-state index >= 15 is 0 Å². The van der Waals surface area contributed by atoms with E-state index in [2.05, 4.69) is 22.3 Å². The maximum atomic E-state index is 11.2. The van der Waals surface area contributed by atoms with Gasteiger partial charge in [0.05, 0.1) is 10.8 Å². The summed E-state index contributed by atoms with van der Waals surface area (Å²) < 4.78 is 11.2. The van der Waals surface area contributed by atoms with Crippen molar-refractivity contribution >= 4 is 17.0 Å². The van der Waals surface area contributed by atoms with Crippen LogP contribution in [0, 0.1) is 0 Å². The van der Waals surface area contributed by atoms with Crippen molar-refractivity contribution in [3.63, 3.8) is 0 Å². The van der Waals surface area contributed by atoms with Crippen molar-refractivity contribution in [3.05, 3.63) is 11.8 Å². The highest BCUT2D eigenvalue weighted by molar-refractivity contribution is 7.84. The van der Waals surface area contributed by atoms with Crippen molar-refractivity contribution in [2.45, 2.75) is 11.9 Å². The smallest absolute Gasteiger partial charge is 0.194 e. The van der Waals surface area contributed by atoms with E-state index in [9.17, 15) is 4.21 Å². The van der Waals surface area contributed by atoms with Gasteiger partial charge in [0.15, 0.2) is 5.50 Å². The minimum absolute atomic E-state index is 0.293. The molecule has 1 aliphatic rings. The van der Waals surface area contributed by atoms with Crippen molar-refractivity contribution in [1.82, 2.24) is 10.2 Å². The Morgan fingerprint density at radius 1 is 1.69 bits per heavy atom. The van der Waals surface area contributed by atoms with Crippen LogP contribution in [-0.4, -0.2) is 53.8 Å². The van der Waals surface area contributed by atoms with Crippen LogP contribution >= 0.6 is 0 Å². The van der Waals surface area contributed by atoms with Crippen LogP contribution in [0.15, 0.2) is 16.8 Å². The minimum Gasteiger partial charge on any atom is -0.359 e. The van der Waals surface area contributed by atoms with Crippen molar-refractivity contribution in [1.29, 1.82) is 0 Å². The first-order valence-corrected chi connectivity index (χ1v) is 6.94. The first kappa shape index (κ1) is 13.3. The number of nitrogens with one attached hydrogen (secondary N) is 1. The number of hydrogen-bond donors (Lipinski definition) is 2. The Labute approximate surface area is 99.2 Å². The third-order valence-corrected chi connectivity index (χ3v) is 3.18. The average molecular weight is 244 g/mol. The van der Waals surface area contributed by atoms with Crippen LogP contribution in [0.25, 0.3) is 0 Å². The predicted octanol–water partition coefficient (Wildman–Crippen LogP) is -0.513. The number of nitrogens with two attached hydrogens (primary N) is 1. The van der Waals surface area contributed by atoms with Gasteiger partial charge in [0, 0.05) is 25.2 Å². The van der Waals surface area contributed by atoms with E-state index in [4.69, 9.17) is 5.73 Å². The summed E-state index contributed by atoms with van der Waals surface area (Å²) >= 11 is 0. The van der Waals surface area contributed by atoms with Gasteiger partial charge in [0.2, 0.25) is 0 Å². The zero-order chi connectivity index (χ0) is 12.0. The van der Waals surface area contributed by atoms with Gasteiger partial charge in [-0.1, -0.05) is 0 Å². The molecule has 6 heteroatoms. The van der Waals surface area contributed by atoms with Gasteiger partial charge in [-0.2, -0.15) is 0 Å². The number of nitrogens with zero attached hydrogens (tertiary/aromatic N) is 2. The second-order valence-electron chi connectivity index (χ2n) is 3.90. The van der Waals surface area contributed by atoms with E-state index in [1.165, 1.54) is 0 Å². The molecule has 5 nitrogen and oxygen atoms in total. The van der Waals surface area contributed by atoms with E-state index in [1.54, 1.807) is 12.5 Å². The molecule has 1 heterocycles. The Bertz CT molecular complexity index is 303. The zero-order valence-electron chi connectivity index (χ0n) is 9.85. The summed E-state index contributed by atoms with van der Waals surface area (Å²) in [6, 6.07) is 0. The van der Waals surface area contributed by atoms with Crippen LogP contribution in [0.5, 0.6) is 0 Å². The molecule has 0 bridgehead atoms. The quantitative estimate of drug-likeness (QED) is 0.660. The Balaban J connectivity index is 2.35. The Morgan fingerprint density at radius 2 is 2.44 bits per heavy atom. The highest BCUT2D eigenvalue weighted by Gasteiger charge is 2.12. The van der Waals surface area contributed by atoms with E-state index in [-0.39, 0.29) is 5.50 Å². The molecule has 0 fully saturated rings. The molecule has 0 aromatic heterocycles. The third-order valence-electron chi connectivity index (χ3n) is 2.30. The van der Waals surface area contributed by atoms with Crippen LogP contribution in [0.4, 0.5) is 0 Å². The third kappa shape index (κ3) is 4.42. The van der Waals surface area contributed by atoms with Gasteiger partial charge in [0.1, 0.15) is 0 Å². The molecule has 0 aromatic carbocycles. The monoisotopic (exact) mass is 244 g/mol. The summed E-state index contributed by atoms with van der Waals surface area (Å²) in [6.45, 7) is 2.52. The number of rotatable bonds is 6. The topological polar surface area (TPSA) is 70.7 Å². The van der Waals surface area contributed by atoms with E-state index in [0.29, 0.717) is 6.54 Å². The molecule has 1 aliphatic heterocycles. The number of likely N-dealkylation sites (N-methyl/N-ethyl adjacent to an activating group) is 1. The van der Waals surface area contributed by atoms with Crippen LogP contribution < -0.4 is 11.1 Å². The summed E-state index contributed by atoms with van der Waals surface area (Å²) in [7, 11) is 1.08. The van der Waals surface area contributed by atoms with E-state index < -0.39 is 10.8 Å². The fraction of sp³-hybridized carbons (Fsp3) is 0.700. The summed E-state index contributed by atoms with van der Waals surface area (Å²) in [5.41, 5.74) is 6.25. The molecule has 0 spiro atoms. The predicted molar refractivity (Wildman–Crippen MR) is 68.7 cm³/mol. The Kier molecular flexibility index (Phi) is 5.65. The van der Waals surface area contributed by atoms with Gasteiger partial charge in [-0.05, 0) is 32.1 Å². The zero-order valence-corrected chi connectivity index (χ0v) is 10.7. The van der Waals surface area contributed by atoms with Gasteiger partial charge in [-0.15, -0.1) is 0 Å². The largest absolute Gasteiger partial charge is 0.359 e. The normalized spacial score (nSPS) is 21.8. The first-order chi connectivity index (χ1) is 7.63. The molecule has 0 saturated carbocycles. The van der Waals surface area contributed by atoms with Gasteiger partial charge >= 0.3 is 0 Å². The van der Waals surface area contributed by atoms with E-state index in [0.717, 1.165) is 25.1 Å². The highest BCUT2D eigenvalue weighted by Crippen LogP contribution is 2.03. The minimum atomic E-state index is -0.968. The Hall–Kier alpha value is -0.720. The van der Waals surface area contributed by atoms with Crippen LogP contribution in [0.2, 0.25) is 0 Å². The Morgan fingerprint density at radius 3 is 2.94 bits per heavy atom. The molecule has 1 rings (SSSR count). The second kappa shape index (κ2) is 6.78. The van der Waals surface area contributed by atoms with E-state index in [1.807, 2.05) is 6.20 Å². The molecule has 2 atom stereocenters. The van der Waals surface area contributed by atoms with Crippen LogP contribution in [0.3, 0.4) is 0 Å². The van der Waals surface area contributed by atoms with Gasteiger partial charge in [-0.25, -0.2) is 0 Å². The lowest BCUT2D eigenvalue weighted by atomic mass is 10.2. The highest BCUT2D eigenvalue weighted by atomic mass is 32.2. The molecule has 2 unspecified atom stereocenters. The lowest BCUT2D eigenvalue weighted by molar-refractivity contribution is 0.362. The molecule has 0 saturated heterocycles. The lowest BCUT2D eigenvalue weighted by Gasteiger charge is -2.20. The summed E-state index contributed by atoms with van der Waals surface area (Å²) in [5, 5.41) is 3.02. The first-order valence-electron chi connectivity index (χ1n) is 5.32. The fourth-order valence-corrected chi connectivity index (χ4v) is 1.93. The lowest BCUT2D eigenvalue weighted by Crippen LogP contribution is -2.32. The van der Waals surface area contributed by atoms with Gasteiger partial charge in [-0.3, -0.25) is 9.20 Å². The molecule has 92 valence electrons. The molecule has 3 N–H and O–H groups in total. The molecule has 0 aliphatic carbocycles. The van der Waals surface area contributed by atoms with Gasteiger partial charge in [0.25, 0.3) is 0 Å². The summed E-state index contributed by atoms with van der Waals surface area (Å²) in [5.74, 6) is 0. The fourth-order valence-electron chi connectivity index (χ4n) is 1.44.